The molecule has 3 heterocycles. The second-order valence-electron chi connectivity index (χ2n) is 7.50. The molecular weight excluding hydrogens is 282 g/mol. The highest BCUT2D eigenvalue weighted by molar-refractivity contribution is 7.11. The number of nitrogens with one attached hydrogen (secondary N) is 1. The monoisotopic (exact) mass is 307 g/mol. The van der Waals surface area contributed by atoms with Gasteiger partial charge in [-0.05, 0) is 31.2 Å². The number of rotatable bonds is 1. The number of piperidine rings is 1. The van der Waals surface area contributed by atoms with E-state index in [4.69, 9.17) is 0 Å². The third-order valence-corrected chi connectivity index (χ3v) is 5.73. The predicted molar refractivity (Wildman–Crippen MR) is 85.9 cm³/mol. The zero-order valence-electron chi connectivity index (χ0n) is 13.2. The topological polar surface area (TPSA) is 45.2 Å². The van der Waals surface area contributed by atoms with Crippen molar-refractivity contribution in [2.45, 2.75) is 45.4 Å². The largest absolute Gasteiger partial charge is 0.338 e. The summed E-state index contributed by atoms with van der Waals surface area (Å²) < 4.78 is 0. The highest BCUT2D eigenvalue weighted by Crippen LogP contribution is 2.38. The molecule has 0 atom stereocenters. The van der Waals surface area contributed by atoms with Gasteiger partial charge < -0.3 is 10.2 Å². The van der Waals surface area contributed by atoms with Crippen molar-refractivity contribution >= 4 is 17.2 Å². The Labute approximate surface area is 130 Å². The lowest BCUT2D eigenvalue weighted by Gasteiger charge is -2.39. The average Bonchev–Trinajstić information content (AvgIpc) is 3.07. The molecule has 116 valence electrons. The van der Waals surface area contributed by atoms with Gasteiger partial charge in [0.05, 0.1) is 11.2 Å². The lowest BCUT2D eigenvalue weighted by Crippen LogP contribution is -2.44. The van der Waals surface area contributed by atoms with Gasteiger partial charge >= 0.3 is 0 Å². The van der Waals surface area contributed by atoms with Crippen LogP contribution in [0.25, 0.3) is 0 Å². The lowest BCUT2D eigenvalue weighted by molar-refractivity contribution is 0.0610. The van der Waals surface area contributed by atoms with E-state index in [-0.39, 0.29) is 11.3 Å². The molecule has 2 fully saturated rings. The summed E-state index contributed by atoms with van der Waals surface area (Å²) in [6, 6.07) is 0. The summed E-state index contributed by atoms with van der Waals surface area (Å²) >= 11 is 1.49. The number of carbonyl (C=O) groups is 1. The number of nitrogens with zero attached hydrogens (tertiary/aromatic N) is 2. The summed E-state index contributed by atoms with van der Waals surface area (Å²) in [4.78, 5) is 20.1. The second kappa shape index (κ2) is 5.36. The lowest BCUT2D eigenvalue weighted by atomic mass is 9.78. The zero-order chi connectivity index (χ0) is 15.1. The van der Waals surface area contributed by atoms with E-state index in [0.29, 0.717) is 5.41 Å². The van der Waals surface area contributed by atoms with Crippen LogP contribution in [0.3, 0.4) is 0 Å². The minimum Gasteiger partial charge on any atom is -0.338 e. The maximum absolute atomic E-state index is 12.8. The highest BCUT2D eigenvalue weighted by Gasteiger charge is 2.39. The average molecular weight is 307 g/mol. The molecule has 1 N–H and O–H groups in total. The molecular formula is C16H25N3OS. The van der Waals surface area contributed by atoms with Gasteiger partial charge in [0.2, 0.25) is 0 Å². The molecule has 1 aromatic rings. The maximum atomic E-state index is 12.8. The van der Waals surface area contributed by atoms with Crippen LogP contribution < -0.4 is 5.32 Å². The Morgan fingerprint density at radius 2 is 2.05 bits per heavy atom. The molecule has 2 saturated heterocycles. The van der Waals surface area contributed by atoms with Crippen LogP contribution >= 0.6 is 11.3 Å². The fourth-order valence-electron chi connectivity index (χ4n) is 3.48. The number of aromatic nitrogens is 1. The Balaban J connectivity index is 1.71. The smallest absolute Gasteiger partial charge is 0.265 e. The van der Waals surface area contributed by atoms with E-state index in [1.54, 1.807) is 5.51 Å². The van der Waals surface area contributed by atoms with E-state index in [1.165, 1.54) is 17.8 Å². The molecule has 1 amide bonds. The molecule has 0 saturated carbocycles. The Bertz CT molecular complexity index is 516. The number of carbonyl (C=O) groups excluding carboxylic acids is 1. The minimum atomic E-state index is -0.0720. The number of hydrogen-bond donors (Lipinski definition) is 1. The molecule has 4 nitrogen and oxygen atoms in total. The molecule has 5 heteroatoms. The van der Waals surface area contributed by atoms with Crippen LogP contribution in [0, 0.1) is 5.41 Å². The Hall–Kier alpha value is -0.940. The molecule has 0 bridgehead atoms. The van der Waals surface area contributed by atoms with Crippen molar-refractivity contribution in [3.63, 3.8) is 0 Å². The van der Waals surface area contributed by atoms with Gasteiger partial charge in [-0.3, -0.25) is 4.79 Å². The van der Waals surface area contributed by atoms with Crippen LogP contribution in [0.1, 0.15) is 55.4 Å². The summed E-state index contributed by atoms with van der Waals surface area (Å²) in [7, 11) is 0. The molecule has 2 aliphatic heterocycles. The van der Waals surface area contributed by atoms with E-state index >= 15 is 0 Å². The third kappa shape index (κ3) is 2.86. The van der Waals surface area contributed by atoms with Gasteiger partial charge in [0.25, 0.3) is 5.91 Å². The van der Waals surface area contributed by atoms with Crippen LogP contribution in [-0.4, -0.2) is 42.0 Å². The van der Waals surface area contributed by atoms with Crippen molar-refractivity contribution < 1.29 is 4.79 Å². The van der Waals surface area contributed by atoms with Crippen molar-refractivity contribution in [2.75, 3.05) is 26.2 Å². The molecule has 0 radical (unpaired) electrons. The maximum Gasteiger partial charge on any atom is 0.265 e. The first-order valence-corrected chi connectivity index (χ1v) is 8.73. The SMILES string of the molecule is CC(C)(C)c1ncsc1C(=O)N1CCC2(CCNC2)CC1. The molecule has 21 heavy (non-hydrogen) atoms. The predicted octanol–water partition coefficient (Wildman–Crippen LogP) is 2.66. The quantitative estimate of drug-likeness (QED) is 0.867. The summed E-state index contributed by atoms with van der Waals surface area (Å²) in [6.07, 6.45) is 3.54. The molecule has 3 rings (SSSR count). The summed E-state index contributed by atoms with van der Waals surface area (Å²) in [5.41, 5.74) is 3.13. The fraction of sp³-hybridized carbons (Fsp3) is 0.750. The molecule has 0 aliphatic carbocycles. The van der Waals surface area contributed by atoms with Gasteiger partial charge in [-0.15, -0.1) is 11.3 Å². The van der Waals surface area contributed by atoms with Crippen molar-refractivity contribution in [2.24, 2.45) is 5.41 Å². The first kappa shape index (κ1) is 15.0. The summed E-state index contributed by atoms with van der Waals surface area (Å²) in [5.74, 6) is 0.184. The molecule has 0 unspecified atom stereocenters. The van der Waals surface area contributed by atoms with Crippen molar-refractivity contribution in [3.8, 4) is 0 Å². The summed E-state index contributed by atoms with van der Waals surface area (Å²) in [5, 5.41) is 3.47. The molecule has 0 aromatic carbocycles. The Morgan fingerprint density at radius 1 is 1.33 bits per heavy atom. The number of hydrogen-bond acceptors (Lipinski definition) is 4. The van der Waals surface area contributed by atoms with Gasteiger partial charge in [0.15, 0.2) is 0 Å². The van der Waals surface area contributed by atoms with Gasteiger partial charge in [-0.25, -0.2) is 4.98 Å². The van der Waals surface area contributed by atoms with Gasteiger partial charge in [-0.1, -0.05) is 20.8 Å². The fourth-order valence-corrected chi connectivity index (χ4v) is 4.45. The van der Waals surface area contributed by atoms with E-state index in [1.807, 2.05) is 4.90 Å². The zero-order valence-corrected chi connectivity index (χ0v) is 14.1. The van der Waals surface area contributed by atoms with Crippen LogP contribution in [0.4, 0.5) is 0 Å². The van der Waals surface area contributed by atoms with E-state index in [2.05, 4.69) is 31.1 Å². The number of amides is 1. The van der Waals surface area contributed by atoms with Crippen LogP contribution in [0.2, 0.25) is 0 Å². The van der Waals surface area contributed by atoms with Crippen molar-refractivity contribution in [1.82, 2.24) is 15.2 Å². The Morgan fingerprint density at radius 3 is 2.62 bits per heavy atom. The number of thiazole rings is 1. The molecule has 1 aromatic heterocycles. The van der Waals surface area contributed by atoms with E-state index in [0.717, 1.165) is 49.6 Å². The van der Waals surface area contributed by atoms with Crippen LogP contribution in [-0.2, 0) is 5.41 Å². The van der Waals surface area contributed by atoms with Gasteiger partial charge in [0.1, 0.15) is 4.88 Å². The second-order valence-corrected chi connectivity index (χ2v) is 8.35. The van der Waals surface area contributed by atoms with Crippen LogP contribution in [0.15, 0.2) is 5.51 Å². The summed E-state index contributed by atoms with van der Waals surface area (Å²) in [6.45, 7) is 10.4. The highest BCUT2D eigenvalue weighted by atomic mass is 32.1. The van der Waals surface area contributed by atoms with Gasteiger partial charge in [0, 0.05) is 25.0 Å². The normalized spacial score (nSPS) is 22.0. The first-order valence-electron chi connectivity index (χ1n) is 7.85. The third-order valence-electron chi connectivity index (χ3n) is 4.92. The first-order chi connectivity index (χ1) is 9.91. The van der Waals surface area contributed by atoms with Crippen LogP contribution in [0.5, 0.6) is 0 Å². The number of likely N-dealkylation sites (tertiary alicyclic amines) is 1. The van der Waals surface area contributed by atoms with Gasteiger partial charge in [-0.2, -0.15) is 0 Å². The Kier molecular flexibility index (Phi) is 3.82. The standard InChI is InChI=1S/C16H25N3OS/c1-15(2,3)13-12(21-11-18-13)14(20)19-8-5-16(6-9-19)4-7-17-10-16/h11,17H,4-10H2,1-3H3. The minimum absolute atomic E-state index is 0.0720. The van der Waals surface area contributed by atoms with Crippen molar-refractivity contribution in [3.05, 3.63) is 16.1 Å². The van der Waals surface area contributed by atoms with Crippen molar-refractivity contribution in [1.29, 1.82) is 0 Å². The van der Waals surface area contributed by atoms with E-state index < -0.39 is 0 Å². The van der Waals surface area contributed by atoms with E-state index in [9.17, 15) is 4.79 Å². The molecule has 2 aliphatic rings. The molecule has 1 spiro atoms.